The van der Waals surface area contributed by atoms with Crippen LogP contribution >= 0.6 is 0 Å². The van der Waals surface area contributed by atoms with E-state index in [4.69, 9.17) is 0 Å². The van der Waals surface area contributed by atoms with Crippen LogP contribution < -0.4 is 0 Å². The molecule has 1 aliphatic rings. The summed E-state index contributed by atoms with van der Waals surface area (Å²) >= 11 is 0. The molecule has 1 saturated heterocycles. The van der Waals surface area contributed by atoms with Gasteiger partial charge >= 0.3 is 11.9 Å². The fraction of sp³-hybridized carbons (Fsp3) is 0.846. The second-order valence-corrected chi connectivity index (χ2v) is 7.74. The highest BCUT2D eigenvalue weighted by Crippen LogP contribution is 2.36. The van der Waals surface area contributed by atoms with Crippen molar-refractivity contribution in [1.29, 1.82) is 0 Å². The average Bonchev–Trinajstić information content (AvgIpc) is 2.45. The molecule has 1 rings (SSSR count). The Balaban J connectivity index is 3.03. The van der Waals surface area contributed by atoms with E-state index < -0.39 is 32.6 Å². The van der Waals surface area contributed by atoms with Crippen LogP contribution in [0.4, 0.5) is 0 Å². The van der Waals surface area contributed by atoms with Crippen LogP contribution in [0.3, 0.4) is 0 Å². The second-order valence-electron chi connectivity index (χ2n) is 5.48. The van der Waals surface area contributed by atoms with Crippen LogP contribution in [0.25, 0.3) is 0 Å². The Morgan fingerprint density at radius 2 is 2.05 bits per heavy atom. The van der Waals surface area contributed by atoms with Crippen LogP contribution in [0.2, 0.25) is 0 Å². The SMILES string of the molecule is CCCC1(C(=O)O)CCCN(S(=O)(=O)C(C)C(=O)OC)C1. The highest BCUT2D eigenvalue weighted by Gasteiger charge is 2.46. The molecule has 0 aromatic rings. The van der Waals surface area contributed by atoms with Gasteiger partial charge in [-0.3, -0.25) is 9.59 Å². The monoisotopic (exact) mass is 321 g/mol. The first kappa shape index (κ1) is 17.9. The van der Waals surface area contributed by atoms with Crippen molar-refractivity contribution in [2.75, 3.05) is 20.2 Å². The smallest absolute Gasteiger partial charge is 0.325 e. The molecule has 2 unspecified atom stereocenters. The zero-order chi connectivity index (χ0) is 16.3. The number of methoxy groups -OCH3 is 1. The van der Waals surface area contributed by atoms with E-state index in [1.165, 1.54) is 6.92 Å². The first-order chi connectivity index (χ1) is 9.71. The Bertz CT molecular complexity index is 499. The molecule has 7 nitrogen and oxygen atoms in total. The quantitative estimate of drug-likeness (QED) is 0.728. The van der Waals surface area contributed by atoms with Crippen molar-refractivity contribution in [3.63, 3.8) is 0 Å². The van der Waals surface area contributed by atoms with Crippen molar-refractivity contribution in [1.82, 2.24) is 4.31 Å². The van der Waals surface area contributed by atoms with Gasteiger partial charge in [-0.25, -0.2) is 12.7 Å². The number of nitrogens with zero attached hydrogens (tertiary/aromatic N) is 1. The van der Waals surface area contributed by atoms with E-state index >= 15 is 0 Å². The first-order valence-corrected chi connectivity index (χ1v) is 8.52. The molecule has 8 heteroatoms. The van der Waals surface area contributed by atoms with Crippen LogP contribution in [0.5, 0.6) is 0 Å². The second kappa shape index (κ2) is 6.74. The number of ether oxygens (including phenoxy) is 1. The number of carboxylic acids is 1. The van der Waals surface area contributed by atoms with Gasteiger partial charge in [0.1, 0.15) is 0 Å². The summed E-state index contributed by atoms with van der Waals surface area (Å²) in [5, 5.41) is 8.16. The number of carbonyl (C=O) groups excluding carboxylic acids is 1. The molecule has 0 aromatic carbocycles. The van der Waals surface area contributed by atoms with E-state index in [0.29, 0.717) is 25.7 Å². The highest BCUT2D eigenvalue weighted by atomic mass is 32.2. The van der Waals surface area contributed by atoms with Gasteiger partial charge in [0.2, 0.25) is 10.0 Å². The number of aliphatic carboxylic acids is 1. The predicted octanol–water partition coefficient (Wildman–Crippen LogP) is 0.845. The van der Waals surface area contributed by atoms with E-state index in [9.17, 15) is 23.1 Å². The topological polar surface area (TPSA) is 101 Å². The van der Waals surface area contributed by atoms with E-state index in [1.807, 2.05) is 6.92 Å². The van der Waals surface area contributed by atoms with Gasteiger partial charge in [-0.15, -0.1) is 0 Å². The van der Waals surface area contributed by atoms with Crippen LogP contribution in [-0.4, -0.2) is 55.2 Å². The molecular formula is C13H23NO6S. The molecule has 0 saturated carbocycles. The van der Waals surface area contributed by atoms with Crippen molar-refractivity contribution < 1.29 is 27.9 Å². The maximum absolute atomic E-state index is 12.4. The van der Waals surface area contributed by atoms with E-state index in [0.717, 1.165) is 11.4 Å². The summed E-state index contributed by atoms with van der Waals surface area (Å²) in [7, 11) is -2.77. The lowest BCUT2D eigenvalue weighted by molar-refractivity contribution is -0.151. The molecule has 122 valence electrons. The minimum absolute atomic E-state index is 0.0835. The summed E-state index contributed by atoms with van der Waals surface area (Å²) in [4.78, 5) is 23.1. The molecule has 0 amide bonds. The predicted molar refractivity (Wildman–Crippen MR) is 76.2 cm³/mol. The molecule has 0 spiro atoms. The van der Waals surface area contributed by atoms with Crippen molar-refractivity contribution in [3.05, 3.63) is 0 Å². The maximum atomic E-state index is 12.4. The van der Waals surface area contributed by atoms with Gasteiger partial charge in [0, 0.05) is 13.1 Å². The fourth-order valence-electron chi connectivity index (χ4n) is 2.78. The van der Waals surface area contributed by atoms with Gasteiger partial charge in [-0.1, -0.05) is 13.3 Å². The molecular weight excluding hydrogens is 298 g/mol. The van der Waals surface area contributed by atoms with Crippen LogP contribution in [0.15, 0.2) is 0 Å². The largest absolute Gasteiger partial charge is 0.481 e. The van der Waals surface area contributed by atoms with Gasteiger partial charge in [-0.2, -0.15) is 0 Å². The summed E-state index contributed by atoms with van der Waals surface area (Å²) < 4.78 is 30.5. The van der Waals surface area contributed by atoms with Crippen molar-refractivity contribution in [3.8, 4) is 0 Å². The Hall–Kier alpha value is -1.15. The number of esters is 1. The molecule has 0 aliphatic carbocycles. The van der Waals surface area contributed by atoms with Gasteiger partial charge in [0.15, 0.2) is 5.25 Å². The summed E-state index contributed by atoms with van der Waals surface area (Å²) in [6.07, 6.45) is 2.00. The van der Waals surface area contributed by atoms with Crippen LogP contribution in [0, 0.1) is 5.41 Å². The average molecular weight is 321 g/mol. The fourth-order valence-corrected chi connectivity index (χ4v) is 4.38. The van der Waals surface area contributed by atoms with Gasteiger partial charge in [0.25, 0.3) is 0 Å². The molecule has 21 heavy (non-hydrogen) atoms. The molecule has 1 heterocycles. The van der Waals surface area contributed by atoms with Crippen molar-refractivity contribution in [2.24, 2.45) is 5.41 Å². The van der Waals surface area contributed by atoms with E-state index in [1.54, 1.807) is 0 Å². The van der Waals surface area contributed by atoms with Crippen LogP contribution in [-0.2, 0) is 24.3 Å². The molecule has 1 aliphatic heterocycles. The highest BCUT2D eigenvalue weighted by molar-refractivity contribution is 7.90. The zero-order valence-corrected chi connectivity index (χ0v) is 13.5. The normalized spacial score (nSPS) is 25.3. The Morgan fingerprint density at radius 3 is 2.52 bits per heavy atom. The Labute approximate surface area is 125 Å². The molecule has 1 N–H and O–H groups in total. The third-order valence-electron chi connectivity index (χ3n) is 4.06. The maximum Gasteiger partial charge on any atom is 0.325 e. The third-order valence-corrected chi connectivity index (χ3v) is 6.18. The van der Waals surface area contributed by atoms with Crippen LogP contribution in [0.1, 0.15) is 39.5 Å². The lowest BCUT2D eigenvalue weighted by Gasteiger charge is -2.39. The zero-order valence-electron chi connectivity index (χ0n) is 12.7. The minimum Gasteiger partial charge on any atom is -0.481 e. The Kier molecular flexibility index (Phi) is 5.75. The first-order valence-electron chi connectivity index (χ1n) is 7.01. The summed E-state index contributed by atoms with van der Waals surface area (Å²) in [6.45, 7) is 3.29. The number of piperidine rings is 1. The van der Waals surface area contributed by atoms with Gasteiger partial charge < -0.3 is 9.84 Å². The number of carbonyl (C=O) groups is 2. The summed E-state index contributed by atoms with van der Waals surface area (Å²) in [5.74, 6) is -1.81. The number of carboxylic acid groups (broad SMARTS) is 1. The summed E-state index contributed by atoms with van der Waals surface area (Å²) in [6, 6.07) is 0. The minimum atomic E-state index is -3.90. The molecule has 1 fully saturated rings. The molecule has 2 atom stereocenters. The molecule has 0 bridgehead atoms. The van der Waals surface area contributed by atoms with E-state index in [2.05, 4.69) is 4.74 Å². The van der Waals surface area contributed by atoms with Crippen molar-refractivity contribution >= 4 is 22.0 Å². The lowest BCUT2D eigenvalue weighted by atomic mass is 9.77. The van der Waals surface area contributed by atoms with Gasteiger partial charge in [-0.05, 0) is 26.2 Å². The summed E-state index contributed by atoms with van der Waals surface area (Å²) in [5.41, 5.74) is -1.06. The molecule has 0 aromatic heterocycles. The van der Waals surface area contributed by atoms with Crippen molar-refractivity contribution in [2.45, 2.75) is 44.8 Å². The third kappa shape index (κ3) is 3.55. The number of hydrogen-bond donors (Lipinski definition) is 1. The van der Waals surface area contributed by atoms with E-state index in [-0.39, 0.29) is 13.1 Å². The standard InChI is InChI=1S/C13H23NO6S/c1-4-6-13(12(16)17)7-5-8-14(9-13)21(18,19)10(2)11(15)20-3/h10H,4-9H2,1-3H3,(H,16,17). The molecule has 0 radical (unpaired) electrons. The van der Waals surface area contributed by atoms with Gasteiger partial charge in [0.05, 0.1) is 12.5 Å². The Morgan fingerprint density at radius 1 is 1.43 bits per heavy atom. The number of sulfonamides is 1. The number of rotatable bonds is 6. The lowest BCUT2D eigenvalue weighted by Crippen LogP contribution is -2.52. The number of hydrogen-bond acceptors (Lipinski definition) is 5.